The van der Waals surface area contributed by atoms with Crippen molar-refractivity contribution in [2.45, 2.75) is 32.4 Å². The van der Waals surface area contributed by atoms with Gasteiger partial charge in [0, 0.05) is 24.1 Å². The summed E-state index contributed by atoms with van der Waals surface area (Å²) in [5, 5.41) is 9.87. The highest BCUT2D eigenvalue weighted by Gasteiger charge is 2.35. The van der Waals surface area contributed by atoms with Gasteiger partial charge in [-0.15, -0.1) is 0 Å². The molecule has 0 bridgehead atoms. The highest BCUT2D eigenvalue weighted by molar-refractivity contribution is 9.10. The Hall–Kier alpha value is -1.38. The number of halogens is 3. The molecule has 1 heterocycles. The van der Waals surface area contributed by atoms with Crippen molar-refractivity contribution in [3.8, 4) is 0 Å². The Morgan fingerprint density at radius 1 is 1.38 bits per heavy atom. The number of piperazine rings is 1. The summed E-state index contributed by atoms with van der Waals surface area (Å²) in [5.41, 5.74) is -0.821. The van der Waals surface area contributed by atoms with E-state index in [9.17, 15) is 19.1 Å². The van der Waals surface area contributed by atoms with E-state index in [0.29, 0.717) is 4.47 Å². The number of aliphatic hydroxyl groups is 1. The lowest BCUT2D eigenvalue weighted by atomic mass is 10.1. The van der Waals surface area contributed by atoms with Gasteiger partial charge in [-0.1, -0.05) is 11.6 Å². The monoisotopic (exact) mass is 450 g/mol. The van der Waals surface area contributed by atoms with E-state index in [1.54, 1.807) is 20.8 Å². The van der Waals surface area contributed by atoms with Crippen molar-refractivity contribution in [3.63, 3.8) is 0 Å². The van der Waals surface area contributed by atoms with Gasteiger partial charge in [0.05, 0.1) is 23.2 Å². The molecule has 9 heteroatoms. The quantitative estimate of drug-likeness (QED) is 0.701. The van der Waals surface area contributed by atoms with E-state index in [1.165, 1.54) is 15.9 Å². The van der Waals surface area contributed by atoms with Crippen molar-refractivity contribution < 1.29 is 23.8 Å². The lowest BCUT2D eigenvalue weighted by molar-refractivity contribution is -0.00255. The number of ether oxygens (including phenoxy) is 1. The van der Waals surface area contributed by atoms with E-state index < -0.39 is 29.5 Å². The molecule has 0 spiro atoms. The summed E-state index contributed by atoms with van der Waals surface area (Å²) in [5.74, 6) is -1.29. The number of amides is 2. The summed E-state index contributed by atoms with van der Waals surface area (Å²) < 4.78 is 19.8. The van der Waals surface area contributed by atoms with Crippen LogP contribution in [0.25, 0.3) is 0 Å². The van der Waals surface area contributed by atoms with Crippen LogP contribution in [-0.4, -0.2) is 64.8 Å². The molecule has 2 amide bonds. The van der Waals surface area contributed by atoms with Gasteiger partial charge >= 0.3 is 6.09 Å². The standard InChI is InChI=1S/C17H21BrClFN2O4/c1-17(2,3)26-16(25)21-4-5-22(10(8-21)9-23)15(24)11-6-13(19)12(18)7-14(11)20/h6-7,10,23H,4-5,8-9H2,1-3H3/t10-/m1/s1. The molecule has 1 fully saturated rings. The summed E-state index contributed by atoms with van der Waals surface area (Å²) >= 11 is 9.07. The summed E-state index contributed by atoms with van der Waals surface area (Å²) in [4.78, 5) is 27.7. The second-order valence-corrected chi connectivity index (χ2v) is 8.27. The van der Waals surface area contributed by atoms with Gasteiger partial charge in [-0.2, -0.15) is 0 Å². The molecule has 0 aromatic heterocycles. The minimum Gasteiger partial charge on any atom is -0.444 e. The molecule has 1 saturated heterocycles. The molecular formula is C17H21BrClFN2O4. The average molecular weight is 452 g/mol. The highest BCUT2D eigenvalue weighted by atomic mass is 79.9. The Kier molecular flexibility index (Phi) is 6.52. The lowest BCUT2D eigenvalue weighted by Gasteiger charge is -2.41. The van der Waals surface area contributed by atoms with Crippen LogP contribution in [0.4, 0.5) is 9.18 Å². The van der Waals surface area contributed by atoms with Gasteiger partial charge in [-0.3, -0.25) is 4.79 Å². The second-order valence-electron chi connectivity index (χ2n) is 7.01. The number of hydrogen-bond acceptors (Lipinski definition) is 4. The maximum Gasteiger partial charge on any atom is 0.410 e. The van der Waals surface area contributed by atoms with Crippen LogP contribution in [0.5, 0.6) is 0 Å². The minimum atomic E-state index is -0.711. The Labute approximate surface area is 165 Å². The minimum absolute atomic E-state index is 0.100. The molecule has 0 unspecified atom stereocenters. The Morgan fingerprint density at radius 3 is 2.62 bits per heavy atom. The third-order valence-corrected chi connectivity index (χ3v) is 5.04. The van der Waals surface area contributed by atoms with Gasteiger partial charge in [0.15, 0.2) is 0 Å². The highest BCUT2D eigenvalue weighted by Crippen LogP contribution is 2.27. The van der Waals surface area contributed by atoms with Gasteiger partial charge < -0.3 is 19.6 Å². The lowest BCUT2D eigenvalue weighted by Crippen LogP contribution is -2.58. The largest absolute Gasteiger partial charge is 0.444 e. The van der Waals surface area contributed by atoms with Crippen LogP contribution in [0.15, 0.2) is 16.6 Å². The predicted octanol–water partition coefficient (Wildman–Crippen LogP) is 3.30. The Bertz CT molecular complexity index is 711. The molecule has 0 aliphatic carbocycles. The fraction of sp³-hybridized carbons (Fsp3) is 0.529. The summed E-state index contributed by atoms with van der Waals surface area (Å²) in [6.45, 7) is 5.39. The Morgan fingerprint density at radius 2 is 2.04 bits per heavy atom. The number of hydrogen-bond donors (Lipinski definition) is 1. The number of carbonyl (C=O) groups is 2. The van der Waals surface area contributed by atoms with Crippen molar-refractivity contribution in [2.75, 3.05) is 26.2 Å². The first-order valence-electron chi connectivity index (χ1n) is 8.07. The molecular weight excluding hydrogens is 431 g/mol. The topological polar surface area (TPSA) is 70.1 Å². The second kappa shape index (κ2) is 8.10. The molecule has 2 rings (SSSR count). The van der Waals surface area contributed by atoms with Gasteiger partial charge in [0.25, 0.3) is 5.91 Å². The zero-order valence-corrected chi connectivity index (χ0v) is 17.1. The van der Waals surface area contributed by atoms with Gasteiger partial charge in [-0.05, 0) is 48.8 Å². The summed E-state index contributed by atoms with van der Waals surface area (Å²) in [7, 11) is 0. The zero-order chi connectivity index (χ0) is 19.6. The van der Waals surface area contributed by atoms with E-state index >= 15 is 0 Å². The SMILES string of the molecule is CC(C)(C)OC(=O)N1CCN(C(=O)c2cc(Cl)c(Br)cc2F)[C@@H](CO)C1. The van der Waals surface area contributed by atoms with Crippen molar-refractivity contribution in [1.82, 2.24) is 9.80 Å². The zero-order valence-electron chi connectivity index (χ0n) is 14.8. The maximum atomic E-state index is 14.2. The van der Waals surface area contributed by atoms with E-state index in [0.717, 1.165) is 6.07 Å². The number of benzene rings is 1. The third kappa shape index (κ3) is 4.86. The summed E-state index contributed by atoms with van der Waals surface area (Å²) in [6.07, 6.45) is -0.513. The molecule has 1 aromatic rings. The molecule has 144 valence electrons. The molecule has 6 nitrogen and oxygen atoms in total. The van der Waals surface area contributed by atoms with Crippen molar-refractivity contribution in [3.05, 3.63) is 33.0 Å². The molecule has 26 heavy (non-hydrogen) atoms. The van der Waals surface area contributed by atoms with Crippen LogP contribution in [0.3, 0.4) is 0 Å². The maximum absolute atomic E-state index is 14.2. The van der Waals surface area contributed by atoms with Crippen LogP contribution in [-0.2, 0) is 4.74 Å². The smallest absolute Gasteiger partial charge is 0.410 e. The molecule has 0 saturated carbocycles. The van der Waals surface area contributed by atoms with Crippen molar-refractivity contribution in [2.24, 2.45) is 0 Å². The van der Waals surface area contributed by atoms with Gasteiger partial charge in [0.2, 0.25) is 0 Å². The van der Waals surface area contributed by atoms with Crippen LogP contribution < -0.4 is 0 Å². The fourth-order valence-electron chi connectivity index (χ4n) is 2.61. The molecule has 1 aliphatic heterocycles. The van der Waals surface area contributed by atoms with Crippen LogP contribution in [0.2, 0.25) is 5.02 Å². The molecule has 1 aliphatic rings. The molecule has 1 atom stereocenters. The third-order valence-electron chi connectivity index (χ3n) is 3.85. The summed E-state index contributed by atoms with van der Waals surface area (Å²) in [6, 6.07) is 1.71. The number of rotatable bonds is 2. The van der Waals surface area contributed by atoms with Crippen LogP contribution >= 0.6 is 27.5 Å². The van der Waals surface area contributed by atoms with E-state index in [1.807, 2.05) is 0 Å². The average Bonchev–Trinajstić information content (AvgIpc) is 2.55. The normalized spacial score (nSPS) is 18.0. The molecule has 0 radical (unpaired) electrons. The van der Waals surface area contributed by atoms with E-state index in [2.05, 4.69) is 15.9 Å². The van der Waals surface area contributed by atoms with E-state index in [-0.39, 0.29) is 36.8 Å². The first-order valence-corrected chi connectivity index (χ1v) is 9.25. The van der Waals surface area contributed by atoms with Crippen molar-refractivity contribution in [1.29, 1.82) is 0 Å². The van der Waals surface area contributed by atoms with Crippen LogP contribution in [0.1, 0.15) is 31.1 Å². The number of nitrogens with zero attached hydrogens (tertiary/aromatic N) is 2. The Balaban J connectivity index is 2.16. The molecule has 1 N–H and O–H groups in total. The molecule has 1 aromatic carbocycles. The van der Waals surface area contributed by atoms with E-state index in [4.69, 9.17) is 16.3 Å². The first kappa shape index (κ1) is 20.9. The van der Waals surface area contributed by atoms with Gasteiger partial charge in [0.1, 0.15) is 11.4 Å². The number of carbonyl (C=O) groups excluding carboxylic acids is 2. The fourth-order valence-corrected chi connectivity index (χ4v) is 3.09. The van der Waals surface area contributed by atoms with Crippen molar-refractivity contribution >= 4 is 39.5 Å². The number of aliphatic hydroxyl groups excluding tert-OH is 1. The predicted molar refractivity (Wildman–Crippen MR) is 98.8 cm³/mol. The first-order chi connectivity index (χ1) is 12.0. The van der Waals surface area contributed by atoms with Gasteiger partial charge in [-0.25, -0.2) is 9.18 Å². The van der Waals surface area contributed by atoms with Crippen LogP contribution in [0, 0.1) is 5.82 Å².